The number of carbonyl (C=O) groups is 3. The van der Waals surface area contributed by atoms with Crippen LogP contribution >= 0.6 is 0 Å². The summed E-state index contributed by atoms with van der Waals surface area (Å²) in [5.41, 5.74) is 3.38. The molecule has 176 valence electrons. The maximum Gasteiger partial charge on any atom is 0.338 e. The Hall–Kier alpha value is -4.14. The maximum atomic E-state index is 12.8. The van der Waals surface area contributed by atoms with E-state index in [1.54, 1.807) is 43.3 Å². The van der Waals surface area contributed by atoms with Gasteiger partial charge in [0.05, 0.1) is 35.2 Å². The lowest BCUT2D eigenvalue weighted by Gasteiger charge is -2.29. The average molecular weight is 463 g/mol. The number of nitrogens with one attached hydrogen (secondary N) is 2. The quantitative estimate of drug-likeness (QED) is 0.611. The van der Waals surface area contributed by atoms with E-state index in [-0.39, 0.29) is 24.5 Å². The number of ether oxygens (including phenoxy) is 2. The van der Waals surface area contributed by atoms with E-state index in [0.717, 1.165) is 24.4 Å². The molecule has 2 aliphatic rings. The van der Waals surface area contributed by atoms with E-state index in [1.165, 1.54) is 0 Å². The summed E-state index contributed by atoms with van der Waals surface area (Å²) in [6, 6.07) is 14.8. The van der Waals surface area contributed by atoms with E-state index in [1.807, 2.05) is 30.1 Å². The highest BCUT2D eigenvalue weighted by molar-refractivity contribution is 5.95. The first-order valence-corrected chi connectivity index (χ1v) is 11.1. The van der Waals surface area contributed by atoms with Crippen molar-refractivity contribution in [3.05, 3.63) is 77.0 Å². The standard InChI is InChI=1S/C25H26N4O5/c1-3-33-24(31)21-20(26-25(32)27-22(21)17-7-5-4-6-8-17)15-34-23(30)18-9-11-19(12-10-18)29-14-13-16(2)28-29/h4-12,22H,3,13-15H2,1-2H3,(H2,26,27,32). The first kappa shape index (κ1) is 23.0. The van der Waals surface area contributed by atoms with Crippen LogP contribution in [-0.4, -0.2) is 43.4 Å². The van der Waals surface area contributed by atoms with Gasteiger partial charge in [0.1, 0.15) is 6.61 Å². The van der Waals surface area contributed by atoms with Crippen LogP contribution in [0.3, 0.4) is 0 Å². The van der Waals surface area contributed by atoms with Gasteiger partial charge in [-0.1, -0.05) is 30.3 Å². The van der Waals surface area contributed by atoms with E-state index in [4.69, 9.17) is 9.47 Å². The number of hydrogen-bond donors (Lipinski definition) is 2. The van der Waals surface area contributed by atoms with E-state index in [2.05, 4.69) is 15.7 Å². The smallest absolute Gasteiger partial charge is 0.338 e. The average Bonchev–Trinajstić information content (AvgIpc) is 3.29. The summed E-state index contributed by atoms with van der Waals surface area (Å²) < 4.78 is 10.7. The number of nitrogens with zero attached hydrogens (tertiary/aromatic N) is 2. The van der Waals surface area contributed by atoms with Gasteiger partial charge >= 0.3 is 18.0 Å². The van der Waals surface area contributed by atoms with Gasteiger partial charge in [0, 0.05) is 18.7 Å². The van der Waals surface area contributed by atoms with Crippen LogP contribution in [0.25, 0.3) is 0 Å². The molecule has 34 heavy (non-hydrogen) atoms. The Morgan fingerprint density at radius 3 is 2.44 bits per heavy atom. The van der Waals surface area contributed by atoms with Gasteiger partial charge in [-0.25, -0.2) is 14.4 Å². The highest BCUT2D eigenvalue weighted by Crippen LogP contribution is 2.28. The third kappa shape index (κ3) is 5.09. The monoisotopic (exact) mass is 462 g/mol. The number of hydrogen-bond acceptors (Lipinski definition) is 7. The second kappa shape index (κ2) is 10.2. The fourth-order valence-corrected chi connectivity index (χ4v) is 3.83. The minimum atomic E-state index is -0.730. The normalized spacial score (nSPS) is 17.6. The number of rotatable bonds is 7. The van der Waals surface area contributed by atoms with Crippen LogP contribution in [0.5, 0.6) is 0 Å². The van der Waals surface area contributed by atoms with Crippen LogP contribution in [0.2, 0.25) is 0 Å². The maximum absolute atomic E-state index is 12.8. The predicted molar refractivity (Wildman–Crippen MR) is 126 cm³/mol. The van der Waals surface area contributed by atoms with Gasteiger partial charge in [-0.15, -0.1) is 0 Å². The molecule has 0 saturated carbocycles. The third-order valence-corrected chi connectivity index (χ3v) is 5.51. The Bertz CT molecular complexity index is 1140. The van der Waals surface area contributed by atoms with Gasteiger partial charge in [-0.05, 0) is 43.7 Å². The molecule has 9 nitrogen and oxygen atoms in total. The molecule has 0 radical (unpaired) electrons. The molecule has 1 atom stereocenters. The van der Waals surface area contributed by atoms with Crippen LogP contribution in [0, 0.1) is 0 Å². The molecule has 2 aromatic carbocycles. The summed E-state index contributed by atoms with van der Waals surface area (Å²) in [5, 5.41) is 11.7. The molecule has 0 fully saturated rings. The molecule has 2 heterocycles. The number of amides is 2. The lowest BCUT2D eigenvalue weighted by molar-refractivity contribution is -0.139. The van der Waals surface area contributed by atoms with E-state index >= 15 is 0 Å². The lowest BCUT2D eigenvalue weighted by Crippen LogP contribution is -2.47. The molecule has 0 aromatic heterocycles. The van der Waals surface area contributed by atoms with Crippen LogP contribution < -0.4 is 15.6 Å². The van der Waals surface area contributed by atoms with E-state index in [9.17, 15) is 14.4 Å². The zero-order valence-corrected chi connectivity index (χ0v) is 19.0. The molecule has 2 amide bonds. The zero-order chi connectivity index (χ0) is 24.1. The Morgan fingerprint density at radius 2 is 1.79 bits per heavy atom. The Balaban J connectivity index is 1.53. The molecule has 0 aliphatic carbocycles. The van der Waals surface area contributed by atoms with Crippen LogP contribution in [-0.2, 0) is 14.3 Å². The summed E-state index contributed by atoms with van der Waals surface area (Å²) in [6.45, 7) is 4.35. The van der Waals surface area contributed by atoms with Crippen molar-refractivity contribution in [3.63, 3.8) is 0 Å². The first-order chi connectivity index (χ1) is 16.5. The topological polar surface area (TPSA) is 109 Å². The molecule has 4 rings (SSSR count). The van der Waals surface area contributed by atoms with Gasteiger partial charge in [0.25, 0.3) is 0 Å². The third-order valence-electron chi connectivity index (χ3n) is 5.51. The summed E-state index contributed by atoms with van der Waals surface area (Å²) in [7, 11) is 0. The summed E-state index contributed by atoms with van der Waals surface area (Å²) >= 11 is 0. The molecule has 2 N–H and O–H groups in total. The number of benzene rings is 2. The first-order valence-electron chi connectivity index (χ1n) is 11.1. The number of esters is 2. The van der Waals surface area contributed by atoms with Crippen LogP contribution in [0.4, 0.5) is 10.5 Å². The molecule has 0 bridgehead atoms. The van der Waals surface area contributed by atoms with Crippen molar-refractivity contribution < 1.29 is 23.9 Å². The van der Waals surface area contributed by atoms with Gasteiger partial charge in [0.2, 0.25) is 0 Å². The van der Waals surface area contributed by atoms with Crippen molar-refractivity contribution >= 4 is 29.4 Å². The number of anilines is 1. The highest BCUT2D eigenvalue weighted by atomic mass is 16.5. The van der Waals surface area contributed by atoms with Crippen molar-refractivity contribution in [2.24, 2.45) is 5.10 Å². The number of hydrazone groups is 1. The number of carbonyl (C=O) groups excluding carboxylic acids is 3. The molecule has 9 heteroatoms. The van der Waals surface area contributed by atoms with Crippen molar-refractivity contribution in [2.75, 3.05) is 24.8 Å². The minimum Gasteiger partial charge on any atom is -0.463 e. The Labute approximate surface area is 197 Å². The second-order valence-electron chi connectivity index (χ2n) is 7.89. The summed E-state index contributed by atoms with van der Waals surface area (Å²) in [5.74, 6) is -1.17. The van der Waals surface area contributed by atoms with Gasteiger partial charge in [-0.3, -0.25) is 5.01 Å². The van der Waals surface area contributed by atoms with Crippen molar-refractivity contribution in [3.8, 4) is 0 Å². The minimum absolute atomic E-state index is 0.164. The molecular weight excluding hydrogens is 436 g/mol. The predicted octanol–water partition coefficient (Wildman–Crippen LogP) is 3.30. The summed E-state index contributed by atoms with van der Waals surface area (Å²) in [6.07, 6.45) is 0.909. The van der Waals surface area contributed by atoms with Crippen LogP contribution in [0.15, 0.2) is 71.0 Å². The largest absolute Gasteiger partial charge is 0.463 e. The van der Waals surface area contributed by atoms with Gasteiger partial charge in [-0.2, -0.15) is 5.10 Å². The van der Waals surface area contributed by atoms with Gasteiger partial charge in [0.15, 0.2) is 0 Å². The second-order valence-corrected chi connectivity index (χ2v) is 7.89. The Morgan fingerprint density at radius 1 is 1.06 bits per heavy atom. The fraction of sp³-hybridized carbons (Fsp3) is 0.280. The van der Waals surface area contributed by atoms with E-state index in [0.29, 0.717) is 11.1 Å². The van der Waals surface area contributed by atoms with Gasteiger partial charge < -0.3 is 20.1 Å². The van der Waals surface area contributed by atoms with E-state index < -0.39 is 24.0 Å². The van der Waals surface area contributed by atoms with Crippen molar-refractivity contribution in [2.45, 2.75) is 26.3 Å². The molecular formula is C25H26N4O5. The Kier molecular flexibility index (Phi) is 6.91. The fourth-order valence-electron chi connectivity index (χ4n) is 3.83. The highest BCUT2D eigenvalue weighted by Gasteiger charge is 2.34. The van der Waals surface area contributed by atoms with Crippen molar-refractivity contribution in [1.29, 1.82) is 0 Å². The SMILES string of the molecule is CCOC(=O)C1=C(COC(=O)c2ccc(N3CCC(C)=N3)cc2)NC(=O)NC1c1ccccc1. The number of urea groups is 1. The molecule has 1 unspecified atom stereocenters. The molecule has 0 saturated heterocycles. The van der Waals surface area contributed by atoms with Crippen LogP contribution in [0.1, 0.15) is 42.2 Å². The van der Waals surface area contributed by atoms with Crippen molar-refractivity contribution in [1.82, 2.24) is 10.6 Å². The molecule has 0 spiro atoms. The summed E-state index contributed by atoms with van der Waals surface area (Å²) in [4.78, 5) is 37.8. The lowest BCUT2D eigenvalue weighted by atomic mass is 9.95. The molecule has 2 aliphatic heterocycles. The molecule has 2 aromatic rings. The zero-order valence-electron chi connectivity index (χ0n) is 19.0.